The van der Waals surface area contributed by atoms with E-state index in [0.717, 1.165) is 48.7 Å². The van der Waals surface area contributed by atoms with E-state index in [-0.39, 0.29) is 16.8 Å². The normalized spacial score (nSPS) is 14.1. The summed E-state index contributed by atoms with van der Waals surface area (Å²) in [5.41, 5.74) is 4.34. The Kier molecular flexibility index (Phi) is 7.32. The topological polar surface area (TPSA) is 47.6 Å². The summed E-state index contributed by atoms with van der Waals surface area (Å²) in [7, 11) is 0. The molecule has 5 nitrogen and oxygen atoms in total. The fourth-order valence-electron chi connectivity index (χ4n) is 3.83. The lowest BCUT2D eigenvalue weighted by atomic mass is 10.1. The first-order valence-electron chi connectivity index (χ1n) is 11.0. The molecule has 4 rings (SSSR count). The van der Waals surface area contributed by atoms with Crippen LogP contribution >= 0.6 is 12.2 Å². The molecule has 3 aromatic carbocycles. The zero-order valence-corrected chi connectivity index (χ0v) is 19.4. The zero-order chi connectivity index (χ0) is 23.2. The third-order valence-corrected chi connectivity index (χ3v) is 5.96. The number of piperazine rings is 1. The van der Waals surface area contributed by atoms with Crippen LogP contribution in [0.1, 0.15) is 21.5 Å². The second kappa shape index (κ2) is 10.6. The van der Waals surface area contributed by atoms with Crippen LogP contribution in [0.25, 0.3) is 0 Å². The molecule has 170 valence electrons. The number of anilines is 2. The van der Waals surface area contributed by atoms with Gasteiger partial charge in [0.1, 0.15) is 5.82 Å². The Morgan fingerprint density at radius 2 is 1.61 bits per heavy atom. The highest BCUT2D eigenvalue weighted by molar-refractivity contribution is 7.80. The van der Waals surface area contributed by atoms with Crippen molar-refractivity contribution in [1.82, 2.24) is 10.2 Å². The molecule has 1 aliphatic heterocycles. The van der Waals surface area contributed by atoms with Gasteiger partial charge in [-0.3, -0.25) is 15.0 Å². The van der Waals surface area contributed by atoms with Crippen molar-refractivity contribution >= 4 is 34.6 Å². The van der Waals surface area contributed by atoms with Gasteiger partial charge in [-0.15, -0.1) is 0 Å². The van der Waals surface area contributed by atoms with E-state index in [1.54, 1.807) is 18.2 Å². The number of hydrogen-bond donors (Lipinski definition) is 2. The van der Waals surface area contributed by atoms with E-state index >= 15 is 0 Å². The summed E-state index contributed by atoms with van der Waals surface area (Å²) in [5.74, 6) is -0.381. The first-order chi connectivity index (χ1) is 16.0. The Morgan fingerprint density at radius 1 is 0.939 bits per heavy atom. The Balaban J connectivity index is 1.26. The molecule has 0 saturated carbocycles. The third-order valence-electron chi connectivity index (χ3n) is 5.76. The summed E-state index contributed by atoms with van der Waals surface area (Å²) in [6.45, 7) is 6.13. The van der Waals surface area contributed by atoms with E-state index in [2.05, 4.69) is 20.4 Å². The van der Waals surface area contributed by atoms with Crippen LogP contribution in [-0.4, -0.2) is 42.1 Å². The van der Waals surface area contributed by atoms with E-state index in [0.29, 0.717) is 12.1 Å². The van der Waals surface area contributed by atoms with Crippen molar-refractivity contribution in [1.29, 1.82) is 0 Å². The van der Waals surface area contributed by atoms with Crippen LogP contribution in [0.4, 0.5) is 15.8 Å². The van der Waals surface area contributed by atoms with E-state index in [9.17, 15) is 9.18 Å². The molecule has 33 heavy (non-hydrogen) atoms. The van der Waals surface area contributed by atoms with Crippen LogP contribution in [0.5, 0.6) is 0 Å². The molecule has 1 saturated heterocycles. The Hall–Kier alpha value is -3.29. The molecule has 0 aliphatic carbocycles. The molecule has 0 bridgehead atoms. The van der Waals surface area contributed by atoms with Crippen LogP contribution < -0.4 is 15.5 Å². The predicted octanol–water partition coefficient (Wildman–Crippen LogP) is 4.58. The fourth-order valence-corrected chi connectivity index (χ4v) is 4.04. The maximum absolute atomic E-state index is 13.9. The van der Waals surface area contributed by atoms with Crippen molar-refractivity contribution in [2.45, 2.75) is 13.5 Å². The number of benzene rings is 3. The number of rotatable bonds is 5. The van der Waals surface area contributed by atoms with Crippen molar-refractivity contribution in [3.63, 3.8) is 0 Å². The molecular formula is C26H27FN4OS. The lowest BCUT2D eigenvalue weighted by Crippen LogP contribution is -2.46. The second-order valence-corrected chi connectivity index (χ2v) is 8.58. The number of halogens is 1. The largest absolute Gasteiger partial charge is 0.369 e. The van der Waals surface area contributed by atoms with Gasteiger partial charge in [0, 0.05) is 55.2 Å². The monoisotopic (exact) mass is 462 g/mol. The van der Waals surface area contributed by atoms with Crippen LogP contribution in [0.3, 0.4) is 0 Å². The number of nitrogens with one attached hydrogen (secondary N) is 2. The van der Waals surface area contributed by atoms with Gasteiger partial charge in [-0.25, -0.2) is 4.39 Å². The SMILES string of the molecule is Cc1ccc(C(=O)NC(=S)Nc2ccc(N3CCN(Cc4ccccc4F)CC3)cc2)cc1. The van der Waals surface area contributed by atoms with Crippen LogP contribution in [0.15, 0.2) is 72.8 Å². The summed E-state index contributed by atoms with van der Waals surface area (Å²) in [6.07, 6.45) is 0. The summed E-state index contributed by atoms with van der Waals surface area (Å²) in [6, 6.07) is 22.3. The smallest absolute Gasteiger partial charge is 0.257 e. The van der Waals surface area contributed by atoms with Gasteiger partial charge < -0.3 is 10.2 Å². The van der Waals surface area contributed by atoms with E-state index in [4.69, 9.17) is 12.2 Å². The van der Waals surface area contributed by atoms with Crippen molar-refractivity contribution < 1.29 is 9.18 Å². The minimum Gasteiger partial charge on any atom is -0.369 e. The maximum Gasteiger partial charge on any atom is 0.257 e. The Labute approximate surface area is 199 Å². The van der Waals surface area contributed by atoms with Gasteiger partial charge in [0.2, 0.25) is 0 Å². The zero-order valence-electron chi connectivity index (χ0n) is 18.6. The molecule has 0 unspecified atom stereocenters. The van der Waals surface area contributed by atoms with E-state index in [1.807, 2.05) is 55.5 Å². The van der Waals surface area contributed by atoms with Gasteiger partial charge in [0.05, 0.1) is 0 Å². The molecule has 2 N–H and O–H groups in total. The molecule has 1 heterocycles. The van der Waals surface area contributed by atoms with Gasteiger partial charge in [0.25, 0.3) is 5.91 Å². The average Bonchev–Trinajstić information content (AvgIpc) is 2.82. The molecule has 3 aromatic rings. The molecule has 0 aromatic heterocycles. The molecule has 1 amide bonds. The molecule has 0 atom stereocenters. The van der Waals surface area contributed by atoms with E-state index < -0.39 is 0 Å². The van der Waals surface area contributed by atoms with Gasteiger partial charge in [-0.2, -0.15) is 0 Å². The molecule has 1 aliphatic rings. The highest BCUT2D eigenvalue weighted by atomic mass is 32.1. The molecule has 0 spiro atoms. The molecular weight excluding hydrogens is 435 g/mol. The van der Waals surface area contributed by atoms with Crippen LogP contribution in [0.2, 0.25) is 0 Å². The predicted molar refractivity (Wildman–Crippen MR) is 135 cm³/mol. The number of carbonyl (C=O) groups is 1. The summed E-state index contributed by atoms with van der Waals surface area (Å²) < 4.78 is 13.9. The quantitative estimate of drug-likeness (QED) is 0.544. The van der Waals surface area contributed by atoms with Crippen LogP contribution in [0, 0.1) is 12.7 Å². The number of hydrogen-bond acceptors (Lipinski definition) is 4. The van der Waals surface area contributed by atoms with Gasteiger partial charge >= 0.3 is 0 Å². The lowest BCUT2D eigenvalue weighted by Gasteiger charge is -2.36. The number of carbonyl (C=O) groups excluding carboxylic acids is 1. The Bertz CT molecular complexity index is 1110. The fraction of sp³-hybridized carbons (Fsp3) is 0.231. The van der Waals surface area contributed by atoms with E-state index in [1.165, 1.54) is 6.07 Å². The van der Waals surface area contributed by atoms with Crippen molar-refractivity contribution in [2.24, 2.45) is 0 Å². The number of nitrogens with zero attached hydrogens (tertiary/aromatic N) is 2. The van der Waals surface area contributed by atoms with Crippen molar-refractivity contribution in [3.05, 3.63) is 95.3 Å². The molecule has 7 heteroatoms. The van der Waals surface area contributed by atoms with Crippen molar-refractivity contribution in [2.75, 3.05) is 36.4 Å². The third kappa shape index (κ3) is 6.15. The highest BCUT2D eigenvalue weighted by Gasteiger charge is 2.18. The minimum absolute atomic E-state index is 0.143. The highest BCUT2D eigenvalue weighted by Crippen LogP contribution is 2.20. The number of amides is 1. The summed E-state index contributed by atoms with van der Waals surface area (Å²) in [5, 5.41) is 6.03. The maximum atomic E-state index is 13.9. The van der Waals surface area contributed by atoms with Gasteiger partial charge in [0.15, 0.2) is 5.11 Å². The summed E-state index contributed by atoms with van der Waals surface area (Å²) in [4.78, 5) is 16.9. The first-order valence-corrected chi connectivity index (χ1v) is 11.4. The number of thiocarbonyl (C=S) groups is 1. The molecule has 1 fully saturated rings. The second-order valence-electron chi connectivity index (χ2n) is 8.18. The minimum atomic E-state index is -0.239. The number of aryl methyl sites for hydroxylation is 1. The van der Waals surface area contributed by atoms with Crippen LogP contribution in [-0.2, 0) is 6.54 Å². The average molecular weight is 463 g/mol. The first kappa shape index (κ1) is 22.9. The van der Waals surface area contributed by atoms with Gasteiger partial charge in [-0.1, -0.05) is 35.9 Å². The lowest BCUT2D eigenvalue weighted by molar-refractivity contribution is 0.0977. The van der Waals surface area contributed by atoms with Crippen molar-refractivity contribution in [3.8, 4) is 0 Å². The summed E-state index contributed by atoms with van der Waals surface area (Å²) >= 11 is 5.29. The molecule has 0 radical (unpaired) electrons. The standard InChI is InChI=1S/C26H27FN4OS/c1-19-6-8-20(9-7-19)25(32)29-26(33)28-22-10-12-23(13-11-22)31-16-14-30(15-17-31)18-21-4-2-3-5-24(21)27/h2-13H,14-18H2,1H3,(H2,28,29,32,33). The van der Waals surface area contributed by atoms with Gasteiger partial charge in [-0.05, 0) is 61.6 Å². The Morgan fingerprint density at radius 3 is 2.27 bits per heavy atom.